The summed E-state index contributed by atoms with van der Waals surface area (Å²) in [6.45, 7) is 4.41. The Balaban J connectivity index is 1.80. The van der Waals surface area contributed by atoms with Gasteiger partial charge in [0.2, 0.25) is 0 Å². The van der Waals surface area contributed by atoms with E-state index in [1.54, 1.807) is 11.3 Å². The zero-order valence-corrected chi connectivity index (χ0v) is 13.4. The number of aromatic nitrogens is 2. The lowest BCUT2D eigenvalue weighted by Crippen LogP contribution is -1.95. The molecule has 0 bridgehead atoms. The van der Waals surface area contributed by atoms with Crippen LogP contribution in [0.3, 0.4) is 0 Å². The number of nitrogen functional groups attached to an aromatic ring is 1. The lowest BCUT2D eigenvalue weighted by Gasteiger charge is -2.04. The van der Waals surface area contributed by atoms with E-state index < -0.39 is 0 Å². The van der Waals surface area contributed by atoms with Gasteiger partial charge in [0, 0.05) is 10.1 Å². The summed E-state index contributed by atoms with van der Waals surface area (Å²) in [5.74, 6) is 2.16. The molecule has 20 heavy (non-hydrogen) atoms. The number of nitrogens with zero attached hydrogens (tertiary/aromatic N) is 2. The van der Waals surface area contributed by atoms with Crippen molar-refractivity contribution in [3.63, 3.8) is 0 Å². The predicted octanol–water partition coefficient (Wildman–Crippen LogP) is 3.90. The van der Waals surface area contributed by atoms with Gasteiger partial charge < -0.3 is 10.3 Å². The van der Waals surface area contributed by atoms with Crippen LogP contribution in [0.2, 0.25) is 0 Å². The highest BCUT2D eigenvalue weighted by Crippen LogP contribution is 2.42. The van der Waals surface area contributed by atoms with Crippen LogP contribution >= 0.6 is 23.1 Å². The van der Waals surface area contributed by atoms with Crippen molar-refractivity contribution in [1.29, 1.82) is 0 Å². The Hall–Kier alpha value is -1.01. The first-order chi connectivity index (χ1) is 9.69. The van der Waals surface area contributed by atoms with Gasteiger partial charge in [0.1, 0.15) is 0 Å². The molecule has 2 aromatic heterocycles. The number of fused-ring (bicyclic) bond motifs is 1. The average molecular weight is 309 g/mol. The molecule has 0 saturated carbocycles. The first-order valence-corrected chi connectivity index (χ1v) is 8.90. The molecule has 0 aromatic carbocycles. The van der Waals surface area contributed by atoms with Gasteiger partial charge in [-0.05, 0) is 31.2 Å². The van der Waals surface area contributed by atoms with Gasteiger partial charge in [-0.25, -0.2) is 0 Å². The monoisotopic (exact) mass is 309 g/mol. The van der Waals surface area contributed by atoms with Crippen molar-refractivity contribution in [3.05, 3.63) is 16.3 Å². The van der Waals surface area contributed by atoms with Gasteiger partial charge in [0.05, 0.1) is 16.3 Å². The number of rotatable bonds is 5. The molecule has 1 unspecified atom stereocenters. The van der Waals surface area contributed by atoms with E-state index in [9.17, 15) is 0 Å². The number of anilines is 1. The van der Waals surface area contributed by atoms with Crippen LogP contribution in [-0.2, 0) is 18.6 Å². The van der Waals surface area contributed by atoms with Crippen LogP contribution in [0.1, 0.15) is 43.0 Å². The minimum Gasteiger partial charge on any atom is -0.390 e. The van der Waals surface area contributed by atoms with Crippen LogP contribution in [-0.4, -0.2) is 15.4 Å². The molecule has 0 spiro atoms. The number of hydrogen-bond donors (Lipinski definition) is 1. The molecule has 1 aliphatic rings. The fourth-order valence-electron chi connectivity index (χ4n) is 2.41. The topological polar surface area (TPSA) is 64.9 Å². The molecule has 2 N–H and O–H groups in total. The van der Waals surface area contributed by atoms with Crippen molar-refractivity contribution < 1.29 is 4.52 Å². The molecule has 4 nitrogen and oxygen atoms in total. The number of hydrogen-bond acceptors (Lipinski definition) is 6. The van der Waals surface area contributed by atoms with E-state index >= 15 is 0 Å². The first kappa shape index (κ1) is 13.9. The maximum absolute atomic E-state index is 6.12. The second-order valence-electron chi connectivity index (χ2n) is 5.14. The normalized spacial score (nSPS) is 15.5. The summed E-state index contributed by atoms with van der Waals surface area (Å²) >= 11 is 3.53. The van der Waals surface area contributed by atoms with Crippen LogP contribution in [0, 0.1) is 0 Å². The van der Waals surface area contributed by atoms with Crippen LogP contribution in [0.4, 0.5) is 5.00 Å². The fourth-order valence-corrected chi connectivity index (χ4v) is 4.35. The minimum absolute atomic E-state index is 0.599. The summed E-state index contributed by atoms with van der Waals surface area (Å²) in [6.07, 6.45) is 4.58. The lowest BCUT2D eigenvalue weighted by atomic mass is 10.1. The maximum Gasteiger partial charge on any atom is 0.261 e. The van der Waals surface area contributed by atoms with Gasteiger partial charge in [-0.3, -0.25) is 0 Å². The number of nitrogens with two attached hydrogens (primary N) is 1. The predicted molar refractivity (Wildman–Crippen MR) is 85.1 cm³/mol. The van der Waals surface area contributed by atoms with Gasteiger partial charge >= 0.3 is 0 Å². The highest BCUT2D eigenvalue weighted by molar-refractivity contribution is 7.99. The van der Waals surface area contributed by atoms with E-state index in [0.717, 1.165) is 41.4 Å². The van der Waals surface area contributed by atoms with E-state index in [1.165, 1.54) is 16.9 Å². The van der Waals surface area contributed by atoms with Crippen LogP contribution in [0.25, 0.3) is 11.5 Å². The van der Waals surface area contributed by atoms with E-state index in [0.29, 0.717) is 11.1 Å². The Bertz CT molecular complexity index is 606. The number of aryl methyl sites for hydroxylation is 1. The molecule has 0 amide bonds. The molecule has 1 aliphatic carbocycles. The summed E-state index contributed by atoms with van der Waals surface area (Å²) in [7, 11) is 0. The molecule has 3 rings (SSSR count). The Morgan fingerprint density at radius 3 is 3.10 bits per heavy atom. The van der Waals surface area contributed by atoms with Gasteiger partial charge in [0.25, 0.3) is 5.89 Å². The first-order valence-electron chi connectivity index (χ1n) is 7.03. The van der Waals surface area contributed by atoms with Crippen molar-refractivity contribution in [2.24, 2.45) is 0 Å². The number of thiophene rings is 1. The standard InChI is InChI=1S/C14H19N3OS2/c1-3-8(2)19-7-11-16-14(18-17-11)12-9-5-4-6-10(9)20-13(12)15/h8H,3-7,15H2,1-2H3. The third-order valence-corrected chi connectivity index (χ3v) is 6.15. The zero-order chi connectivity index (χ0) is 14.1. The molecule has 108 valence electrons. The smallest absolute Gasteiger partial charge is 0.261 e. The van der Waals surface area contributed by atoms with E-state index in [-0.39, 0.29) is 0 Å². The van der Waals surface area contributed by atoms with Gasteiger partial charge in [-0.2, -0.15) is 16.7 Å². The van der Waals surface area contributed by atoms with Crippen LogP contribution in [0.5, 0.6) is 0 Å². The molecule has 1 atom stereocenters. The van der Waals surface area contributed by atoms with Gasteiger partial charge in [-0.15, -0.1) is 11.3 Å². The van der Waals surface area contributed by atoms with Crippen molar-refractivity contribution in [3.8, 4) is 11.5 Å². The third-order valence-electron chi connectivity index (χ3n) is 3.70. The highest BCUT2D eigenvalue weighted by Gasteiger charge is 2.25. The second-order valence-corrected chi connectivity index (χ2v) is 7.71. The summed E-state index contributed by atoms with van der Waals surface area (Å²) in [5, 5.41) is 5.52. The van der Waals surface area contributed by atoms with Crippen molar-refractivity contribution >= 4 is 28.1 Å². The van der Waals surface area contributed by atoms with Crippen LogP contribution in [0.15, 0.2) is 4.52 Å². The molecular weight excluding hydrogens is 290 g/mol. The molecule has 6 heteroatoms. The van der Waals surface area contributed by atoms with Crippen molar-refractivity contribution in [1.82, 2.24) is 10.1 Å². The zero-order valence-electron chi connectivity index (χ0n) is 11.8. The molecule has 2 aromatic rings. The van der Waals surface area contributed by atoms with E-state index in [4.69, 9.17) is 10.3 Å². The Morgan fingerprint density at radius 2 is 2.30 bits per heavy atom. The summed E-state index contributed by atoms with van der Waals surface area (Å²) in [6, 6.07) is 0. The Morgan fingerprint density at radius 1 is 1.45 bits per heavy atom. The largest absolute Gasteiger partial charge is 0.390 e. The summed E-state index contributed by atoms with van der Waals surface area (Å²) < 4.78 is 5.43. The molecule has 0 radical (unpaired) electrons. The fraction of sp³-hybridized carbons (Fsp3) is 0.571. The van der Waals surface area contributed by atoms with E-state index in [1.807, 2.05) is 11.8 Å². The molecule has 0 saturated heterocycles. The molecule has 2 heterocycles. The van der Waals surface area contributed by atoms with E-state index in [2.05, 4.69) is 24.0 Å². The van der Waals surface area contributed by atoms with Crippen LogP contribution < -0.4 is 5.73 Å². The molecule has 0 fully saturated rings. The quantitative estimate of drug-likeness (QED) is 0.907. The summed E-state index contributed by atoms with van der Waals surface area (Å²) in [4.78, 5) is 5.92. The Kier molecular flexibility index (Phi) is 4.03. The highest BCUT2D eigenvalue weighted by atomic mass is 32.2. The second kappa shape index (κ2) is 5.77. The molecule has 0 aliphatic heterocycles. The molecular formula is C14H19N3OS2. The Labute approximate surface area is 127 Å². The number of thioether (sulfide) groups is 1. The van der Waals surface area contributed by atoms with Gasteiger partial charge in [-0.1, -0.05) is 19.0 Å². The van der Waals surface area contributed by atoms with Crippen molar-refractivity contribution in [2.45, 2.75) is 50.5 Å². The van der Waals surface area contributed by atoms with Crippen molar-refractivity contribution in [2.75, 3.05) is 5.73 Å². The van der Waals surface area contributed by atoms with Gasteiger partial charge in [0.15, 0.2) is 5.82 Å². The lowest BCUT2D eigenvalue weighted by molar-refractivity contribution is 0.425. The average Bonchev–Trinajstić information content (AvgIpc) is 3.11. The maximum atomic E-state index is 6.12. The third kappa shape index (κ3) is 2.59. The minimum atomic E-state index is 0.599. The summed E-state index contributed by atoms with van der Waals surface area (Å²) in [5.41, 5.74) is 8.45. The SMILES string of the molecule is CCC(C)SCc1noc(-c2c(N)sc3c2CCC3)n1.